The van der Waals surface area contributed by atoms with Crippen LogP contribution >= 0.6 is 27.3 Å². The van der Waals surface area contributed by atoms with E-state index < -0.39 is 0 Å². The highest BCUT2D eigenvalue weighted by atomic mass is 79.9. The zero-order valence-electron chi connectivity index (χ0n) is 12.7. The Morgan fingerprint density at radius 1 is 1.25 bits per heavy atom. The fourth-order valence-electron chi connectivity index (χ4n) is 2.01. The number of rotatable bonds is 5. The maximum Gasteiger partial charge on any atom is 0.203 e. The molecule has 0 saturated carbocycles. The normalized spacial score (nSPS) is 10.9. The molecule has 0 aliphatic heterocycles. The molecule has 122 valence electrons. The van der Waals surface area contributed by atoms with Crippen molar-refractivity contribution in [3.8, 4) is 22.8 Å². The van der Waals surface area contributed by atoms with Crippen LogP contribution in [0.15, 0.2) is 57.4 Å². The molecular formula is C17H14BrN3O2S. The molecule has 24 heavy (non-hydrogen) atoms. The Morgan fingerprint density at radius 2 is 2.04 bits per heavy atom. The summed E-state index contributed by atoms with van der Waals surface area (Å²) in [5.74, 6) is 0.507. The molecule has 0 saturated heterocycles. The number of thiazole rings is 1. The lowest BCUT2D eigenvalue weighted by molar-refractivity contribution is 0.373. The van der Waals surface area contributed by atoms with E-state index in [2.05, 4.69) is 31.4 Å². The second-order valence-corrected chi connectivity index (χ2v) is 6.62. The summed E-state index contributed by atoms with van der Waals surface area (Å²) in [7, 11) is 1.51. The van der Waals surface area contributed by atoms with E-state index in [9.17, 15) is 5.11 Å². The Kier molecular flexibility index (Phi) is 5.12. The molecule has 3 aromatic rings. The molecule has 0 radical (unpaired) electrons. The van der Waals surface area contributed by atoms with E-state index in [0.717, 1.165) is 21.3 Å². The number of hydrogen-bond donors (Lipinski definition) is 2. The lowest BCUT2D eigenvalue weighted by atomic mass is 10.2. The average molecular weight is 404 g/mol. The molecule has 0 aliphatic rings. The number of methoxy groups -OCH3 is 1. The van der Waals surface area contributed by atoms with E-state index >= 15 is 0 Å². The van der Waals surface area contributed by atoms with Crippen LogP contribution in [0.4, 0.5) is 5.13 Å². The Morgan fingerprint density at radius 3 is 2.79 bits per heavy atom. The second-order valence-electron chi connectivity index (χ2n) is 4.85. The van der Waals surface area contributed by atoms with Gasteiger partial charge in [-0.1, -0.05) is 28.1 Å². The van der Waals surface area contributed by atoms with Crippen LogP contribution in [-0.2, 0) is 0 Å². The molecule has 5 nitrogen and oxygen atoms in total. The van der Waals surface area contributed by atoms with Gasteiger partial charge in [0, 0.05) is 15.4 Å². The summed E-state index contributed by atoms with van der Waals surface area (Å²) in [5.41, 5.74) is 5.67. The van der Waals surface area contributed by atoms with Crippen molar-refractivity contribution >= 4 is 38.6 Å². The summed E-state index contributed by atoms with van der Waals surface area (Å²) in [5, 5.41) is 16.4. The van der Waals surface area contributed by atoms with Crippen LogP contribution in [0.25, 0.3) is 11.3 Å². The van der Waals surface area contributed by atoms with E-state index in [0.29, 0.717) is 10.9 Å². The highest BCUT2D eigenvalue weighted by molar-refractivity contribution is 9.10. The van der Waals surface area contributed by atoms with Crippen molar-refractivity contribution < 1.29 is 9.84 Å². The lowest BCUT2D eigenvalue weighted by Gasteiger charge is -2.03. The van der Waals surface area contributed by atoms with Gasteiger partial charge in [0.15, 0.2) is 11.5 Å². The highest BCUT2D eigenvalue weighted by Gasteiger charge is 2.04. The van der Waals surface area contributed by atoms with Crippen molar-refractivity contribution in [1.29, 1.82) is 0 Å². The van der Waals surface area contributed by atoms with Gasteiger partial charge >= 0.3 is 0 Å². The monoisotopic (exact) mass is 403 g/mol. The minimum absolute atomic E-state index is 0.0988. The first-order valence-electron chi connectivity index (χ1n) is 7.03. The lowest BCUT2D eigenvalue weighted by Crippen LogP contribution is -1.91. The number of hydrazone groups is 1. The van der Waals surface area contributed by atoms with E-state index in [1.54, 1.807) is 24.4 Å². The first-order chi connectivity index (χ1) is 11.7. The summed E-state index contributed by atoms with van der Waals surface area (Å²) in [6, 6.07) is 13.0. The van der Waals surface area contributed by atoms with Crippen LogP contribution in [-0.4, -0.2) is 23.4 Å². The number of aromatic hydroxyl groups is 1. The summed E-state index contributed by atoms with van der Waals surface area (Å²) in [4.78, 5) is 4.50. The minimum Gasteiger partial charge on any atom is -0.504 e. The summed E-state index contributed by atoms with van der Waals surface area (Å²) in [6.45, 7) is 0. The molecule has 2 N–H and O–H groups in total. The van der Waals surface area contributed by atoms with E-state index in [1.165, 1.54) is 18.4 Å². The van der Waals surface area contributed by atoms with Crippen molar-refractivity contribution in [3.63, 3.8) is 0 Å². The SMILES string of the molecule is COc1cc(/C=N\Nc2nc(-c3ccc(Br)cc3)cs2)ccc1O. The topological polar surface area (TPSA) is 66.7 Å². The van der Waals surface area contributed by atoms with Gasteiger partial charge in [-0.15, -0.1) is 11.3 Å². The van der Waals surface area contributed by atoms with Gasteiger partial charge in [0.05, 0.1) is 19.0 Å². The van der Waals surface area contributed by atoms with Gasteiger partial charge in [0.1, 0.15) is 0 Å². The predicted molar refractivity (Wildman–Crippen MR) is 101 cm³/mol. The quantitative estimate of drug-likeness (QED) is 0.477. The van der Waals surface area contributed by atoms with E-state index in [-0.39, 0.29) is 5.75 Å². The number of aromatic nitrogens is 1. The number of anilines is 1. The molecule has 1 heterocycles. The number of phenols is 1. The summed E-state index contributed by atoms with van der Waals surface area (Å²) in [6.07, 6.45) is 1.64. The molecule has 0 atom stereocenters. The van der Waals surface area contributed by atoms with Gasteiger partial charge in [-0.3, -0.25) is 5.43 Å². The van der Waals surface area contributed by atoms with Crippen LogP contribution in [0.3, 0.4) is 0 Å². The third-order valence-electron chi connectivity index (χ3n) is 3.22. The molecular weight excluding hydrogens is 390 g/mol. The Bertz CT molecular complexity index is 863. The first kappa shape index (κ1) is 16.5. The van der Waals surface area contributed by atoms with Gasteiger partial charge in [-0.05, 0) is 35.9 Å². The van der Waals surface area contributed by atoms with Crippen molar-refractivity contribution in [2.75, 3.05) is 12.5 Å². The molecule has 2 aromatic carbocycles. The fraction of sp³-hybridized carbons (Fsp3) is 0.0588. The maximum atomic E-state index is 9.57. The summed E-state index contributed by atoms with van der Waals surface area (Å²) < 4.78 is 6.10. The summed E-state index contributed by atoms with van der Waals surface area (Å²) >= 11 is 4.90. The minimum atomic E-state index is 0.0988. The van der Waals surface area contributed by atoms with Gasteiger partial charge in [-0.25, -0.2) is 4.98 Å². The fourth-order valence-corrected chi connectivity index (χ4v) is 2.95. The molecule has 7 heteroatoms. The maximum absolute atomic E-state index is 9.57. The Balaban J connectivity index is 1.68. The third-order valence-corrected chi connectivity index (χ3v) is 4.50. The average Bonchev–Trinajstić information content (AvgIpc) is 3.06. The Labute approximate surface area is 151 Å². The second kappa shape index (κ2) is 7.46. The molecule has 0 amide bonds. The predicted octanol–water partition coefficient (Wildman–Crippen LogP) is 4.73. The number of ether oxygens (including phenoxy) is 1. The number of nitrogens with one attached hydrogen (secondary N) is 1. The molecule has 3 rings (SSSR count). The zero-order chi connectivity index (χ0) is 16.9. The molecule has 0 spiro atoms. The molecule has 0 fully saturated rings. The van der Waals surface area contributed by atoms with Crippen LogP contribution < -0.4 is 10.2 Å². The smallest absolute Gasteiger partial charge is 0.203 e. The number of phenolic OH excluding ortho intramolecular Hbond substituents is 1. The van der Waals surface area contributed by atoms with Crippen LogP contribution in [0.5, 0.6) is 11.5 Å². The number of nitrogens with zero attached hydrogens (tertiary/aromatic N) is 2. The third kappa shape index (κ3) is 3.93. The van der Waals surface area contributed by atoms with E-state index in [4.69, 9.17) is 4.74 Å². The van der Waals surface area contributed by atoms with Crippen molar-refractivity contribution in [3.05, 3.63) is 57.9 Å². The van der Waals surface area contributed by atoms with Gasteiger partial charge in [-0.2, -0.15) is 5.10 Å². The van der Waals surface area contributed by atoms with Crippen molar-refractivity contribution in [2.45, 2.75) is 0 Å². The van der Waals surface area contributed by atoms with Crippen molar-refractivity contribution in [1.82, 2.24) is 4.98 Å². The van der Waals surface area contributed by atoms with Gasteiger partial charge < -0.3 is 9.84 Å². The highest BCUT2D eigenvalue weighted by Crippen LogP contribution is 2.27. The van der Waals surface area contributed by atoms with Gasteiger partial charge in [0.2, 0.25) is 5.13 Å². The van der Waals surface area contributed by atoms with Crippen LogP contribution in [0.2, 0.25) is 0 Å². The molecule has 0 aliphatic carbocycles. The largest absolute Gasteiger partial charge is 0.504 e. The Hall–Kier alpha value is -2.38. The number of halogens is 1. The van der Waals surface area contributed by atoms with E-state index in [1.807, 2.05) is 29.6 Å². The molecule has 1 aromatic heterocycles. The molecule has 0 unspecified atom stereocenters. The van der Waals surface area contributed by atoms with Crippen LogP contribution in [0.1, 0.15) is 5.56 Å². The first-order valence-corrected chi connectivity index (χ1v) is 8.70. The van der Waals surface area contributed by atoms with Gasteiger partial charge in [0.25, 0.3) is 0 Å². The standard InChI is InChI=1S/C17H14BrN3O2S/c1-23-16-8-11(2-7-15(16)22)9-19-21-17-20-14(10-24-17)12-3-5-13(18)6-4-12/h2-10,22H,1H3,(H,20,21)/b19-9-. The molecule has 0 bridgehead atoms. The number of hydrogen-bond acceptors (Lipinski definition) is 6. The zero-order valence-corrected chi connectivity index (χ0v) is 15.1. The van der Waals surface area contributed by atoms with Crippen LogP contribution in [0, 0.1) is 0 Å². The number of benzene rings is 2. The van der Waals surface area contributed by atoms with Crippen molar-refractivity contribution in [2.24, 2.45) is 5.10 Å².